The number of hydrogen-bond donors (Lipinski definition) is 0. The van der Waals surface area contributed by atoms with Gasteiger partial charge in [-0.1, -0.05) is 45.9 Å². The largest absolute Gasteiger partial charge is 0.412 e. The summed E-state index contributed by atoms with van der Waals surface area (Å²) in [5.74, 6) is 1.19. The molecule has 0 amide bonds. The third kappa shape index (κ3) is 3.24. The normalized spacial score (nSPS) is 16.3. The molecule has 1 aromatic rings. The van der Waals surface area contributed by atoms with Gasteiger partial charge < -0.3 is 4.43 Å². The third-order valence-corrected chi connectivity index (χ3v) is 4.39. The summed E-state index contributed by atoms with van der Waals surface area (Å²) in [7, 11) is 3.19. The third-order valence-electron chi connectivity index (χ3n) is 4.04. The van der Waals surface area contributed by atoms with E-state index in [1.54, 1.807) is 0 Å². The molecule has 0 fully saturated rings. The minimum Gasteiger partial charge on any atom is -0.412 e. The van der Waals surface area contributed by atoms with Gasteiger partial charge in [-0.15, -0.1) is 0 Å². The monoisotopic (exact) mass is 261 g/mol. The van der Waals surface area contributed by atoms with Crippen molar-refractivity contribution in [2.24, 2.45) is 0 Å². The van der Waals surface area contributed by atoms with Gasteiger partial charge in [0, 0.05) is 0 Å². The van der Waals surface area contributed by atoms with Gasteiger partial charge in [-0.2, -0.15) is 0 Å². The number of rotatable bonds is 6. The van der Waals surface area contributed by atoms with Gasteiger partial charge in [-0.05, 0) is 48.3 Å². The van der Waals surface area contributed by atoms with Crippen molar-refractivity contribution in [1.82, 2.24) is 0 Å². The highest BCUT2D eigenvalue weighted by molar-refractivity contribution is 5.98. The Kier molecular flexibility index (Phi) is 6.10. The van der Waals surface area contributed by atoms with Crippen LogP contribution >= 0.6 is 0 Å². The predicted octanol–water partition coefficient (Wildman–Crippen LogP) is 4.87. The molecule has 0 heterocycles. The lowest BCUT2D eigenvalue weighted by Crippen LogP contribution is -2.09. The Morgan fingerprint density at radius 1 is 1.00 bits per heavy atom. The van der Waals surface area contributed by atoms with Gasteiger partial charge >= 0.3 is 0 Å². The Labute approximate surface area is 115 Å². The Bertz CT molecular complexity index is 347. The SMILES string of the molecule is CCC(C)c1cccc(C(C)O[Si])c1C(C)CC. The van der Waals surface area contributed by atoms with Crippen LogP contribution in [0.2, 0.25) is 0 Å². The molecule has 0 bridgehead atoms. The molecule has 99 valence electrons. The molecule has 3 radical (unpaired) electrons. The van der Waals surface area contributed by atoms with Crippen LogP contribution in [0.15, 0.2) is 18.2 Å². The summed E-state index contributed by atoms with van der Waals surface area (Å²) < 4.78 is 5.35. The summed E-state index contributed by atoms with van der Waals surface area (Å²) >= 11 is 0. The van der Waals surface area contributed by atoms with Crippen LogP contribution in [0.1, 0.15) is 82.1 Å². The van der Waals surface area contributed by atoms with E-state index in [0.717, 1.165) is 6.42 Å². The molecule has 0 saturated carbocycles. The average molecular weight is 261 g/mol. The average Bonchev–Trinajstić information content (AvgIpc) is 2.43. The highest BCUT2D eigenvalue weighted by Gasteiger charge is 2.19. The quantitative estimate of drug-likeness (QED) is 0.663. The molecule has 0 aliphatic rings. The molecule has 0 aliphatic heterocycles. The van der Waals surface area contributed by atoms with Crippen LogP contribution in [0, 0.1) is 0 Å². The van der Waals surface area contributed by atoms with Crippen LogP contribution in [0.4, 0.5) is 0 Å². The topological polar surface area (TPSA) is 9.23 Å². The van der Waals surface area contributed by atoms with E-state index >= 15 is 0 Å². The number of benzene rings is 1. The van der Waals surface area contributed by atoms with Gasteiger partial charge in [-0.3, -0.25) is 0 Å². The molecule has 0 N–H and O–H groups in total. The van der Waals surface area contributed by atoms with Crippen molar-refractivity contribution in [3.8, 4) is 0 Å². The molecule has 0 saturated heterocycles. The highest BCUT2D eigenvalue weighted by atomic mass is 28.2. The summed E-state index contributed by atoms with van der Waals surface area (Å²) in [6.07, 6.45) is 2.43. The van der Waals surface area contributed by atoms with E-state index in [2.05, 4.69) is 63.3 Å². The van der Waals surface area contributed by atoms with Crippen molar-refractivity contribution in [1.29, 1.82) is 0 Å². The van der Waals surface area contributed by atoms with Crippen molar-refractivity contribution < 1.29 is 4.43 Å². The molecular formula is C16H25OSi. The Morgan fingerprint density at radius 2 is 1.56 bits per heavy atom. The molecule has 0 aromatic heterocycles. The lowest BCUT2D eigenvalue weighted by atomic mass is 9.82. The van der Waals surface area contributed by atoms with Gasteiger partial charge in [0.2, 0.25) is 10.5 Å². The first-order valence-electron chi connectivity index (χ1n) is 7.01. The van der Waals surface area contributed by atoms with Crippen molar-refractivity contribution in [2.45, 2.75) is 65.4 Å². The van der Waals surface area contributed by atoms with Gasteiger partial charge in [-0.25, -0.2) is 0 Å². The fraction of sp³-hybridized carbons (Fsp3) is 0.625. The van der Waals surface area contributed by atoms with Crippen LogP contribution < -0.4 is 0 Å². The van der Waals surface area contributed by atoms with Crippen LogP contribution in [0.3, 0.4) is 0 Å². The molecule has 1 rings (SSSR count). The van der Waals surface area contributed by atoms with E-state index in [1.165, 1.54) is 23.1 Å². The summed E-state index contributed by atoms with van der Waals surface area (Å²) in [5.41, 5.74) is 4.29. The Morgan fingerprint density at radius 3 is 2.06 bits per heavy atom. The summed E-state index contributed by atoms with van der Waals surface area (Å²) in [6.45, 7) is 11.2. The fourth-order valence-electron chi connectivity index (χ4n) is 2.44. The zero-order valence-corrected chi connectivity index (χ0v) is 13.3. The second-order valence-electron chi connectivity index (χ2n) is 5.23. The molecule has 1 aromatic carbocycles. The molecule has 3 unspecified atom stereocenters. The van der Waals surface area contributed by atoms with Gasteiger partial charge in [0.15, 0.2) is 0 Å². The fourth-order valence-corrected chi connectivity index (χ4v) is 2.57. The first-order chi connectivity index (χ1) is 8.56. The summed E-state index contributed by atoms with van der Waals surface area (Å²) in [6, 6.07) is 6.63. The maximum absolute atomic E-state index is 5.35. The minimum atomic E-state index is 0.0923. The van der Waals surface area contributed by atoms with Crippen molar-refractivity contribution >= 4 is 10.5 Å². The molecule has 18 heavy (non-hydrogen) atoms. The lowest BCUT2D eigenvalue weighted by Gasteiger charge is -2.25. The van der Waals surface area contributed by atoms with Gasteiger partial charge in [0.25, 0.3) is 0 Å². The van der Waals surface area contributed by atoms with Crippen LogP contribution in [0.25, 0.3) is 0 Å². The van der Waals surface area contributed by atoms with Crippen LogP contribution in [0.5, 0.6) is 0 Å². The maximum Gasteiger partial charge on any atom is 0.247 e. The van der Waals surface area contributed by atoms with E-state index in [9.17, 15) is 0 Å². The summed E-state index contributed by atoms with van der Waals surface area (Å²) in [5, 5.41) is 0. The first kappa shape index (κ1) is 15.5. The van der Waals surface area contributed by atoms with E-state index in [4.69, 9.17) is 4.43 Å². The molecule has 2 heteroatoms. The molecule has 0 aliphatic carbocycles. The van der Waals surface area contributed by atoms with Crippen molar-refractivity contribution in [2.75, 3.05) is 0 Å². The highest BCUT2D eigenvalue weighted by Crippen LogP contribution is 2.35. The Hall–Kier alpha value is -0.603. The molecule has 0 spiro atoms. The minimum absolute atomic E-state index is 0.0923. The van der Waals surface area contributed by atoms with Crippen LogP contribution in [-0.2, 0) is 4.43 Å². The predicted molar refractivity (Wildman–Crippen MR) is 79.1 cm³/mol. The van der Waals surface area contributed by atoms with Gasteiger partial charge in [0.05, 0.1) is 6.10 Å². The number of hydrogen-bond acceptors (Lipinski definition) is 1. The van der Waals surface area contributed by atoms with E-state index in [1.807, 2.05) is 0 Å². The van der Waals surface area contributed by atoms with Crippen molar-refractivity contribution in [3.05, 3.63) is 34.9 Å². The standard InChI is InChI=1S/C16H25OSi/c1-6-11(3)14-9-8-10-15(13(5)17-18)16(14)12(4)7-2/h8-13H,6-7H2,1-5H3. The van der Waals surface area contributed by atoms with E-state index in [0.29, 0.717) is 11.8 Å². The Balaban J connectivity index is 3.34. The maximum atomic E-state index is 5.35. The zero-order chi connectivity index (χ0) is 13.7. The van der Waals surface area contributed by atoms with E-state index in [-0.39, 0.29) is 6.10 Å². The summed E-state index contributed by atoms with van der Waals surface area (Å²) in [4.78, 5) is 0. The zero-order valence-electron chi connectivity index (χ0n) is 12.3. The molecule has 1 nitrogen and oxygen atoms in total. The van der Waals surface area contributed by atoms with E-state index < -0.39 is 0 Å². The van der Waals surface area contributed by atoms with Gasteiger partial charge in [0.1, 0.15) is 0 Å². The molecular weight excluding hydrogens is 236 g/mol. The smallest absolute Gasteiger partial charge is 0.247 e. The second-order valence-corrected chi connectivity index (χ2v) is 5.46. The second kappa shape index (κ2) is 7.10. The lowest BCUT2D eigenvalue weighted by molar-refractivity contribution is 0.248. The van der Waals surface area contributed by atoms with Crippen LogP contribution in [-0.4, -0.2) is 10.5 Å². The van der Waals surface area contributed by atoms with Crippen molar-refractivity contribution in [3.63, 3.8) is 0 Å². The first-order valence-corrected chi connectivity index (χ1v) is 7.42. The molecule has 3 atom stereocenters.